The molecule has 0 radical (unpaired) electrons. The molecule has 2 atom stereocenters. The van der Waals surface area contributed by atoms with E-state index >= 15 is 0 Å². The van der Waals surface area contributed by atoms with E-state index in [9.17, 15) is 9.59 Å². The Bertz CT molecular complexity index is 1510. The molecule has 0 saturated carbocycles. The van der Waals surface area contributed by atoms with Crippen molar-refractivity contribution in [3.63, 3.8) is 0 Å². The van der Waals surface area contributed by atoms with Gasteiger partial charge in [0.05, 0.1) is 7.11 Å². The minimum absolute atomic E-state index is 0.274. The van der Waals surface area contributed by atoms with Crippen LogP contribution in [-0.4, -0.2) is 80.0 Å². The summed E-state index contributed by atoms with van der Waals surface area (Å²) in [6, 6.07) is 14.5. The predicted octanol–water partition coefficient (Wildman–Crippen LogP) is 4.11. The van der Waals surface area contributed by atoms with Gasteiger partial charge in [0.1, 0.15) is 34.7 Å². The fourth-order valence-corrected chi connectivity index (χ4v) is 4.65. The average Bonchev–Trinajstić information content (AvgIpc) is 3.35. The largest absolute Gasteiger partial charge is 0.488 e. The number of piperidine rings is 1. The van der Waals surface area contributed by atoms with E-state index in [2.05, 4.69) is 10.2 Å². The smallest absolute Gasteiger partial charge is 0.410 e. The highest BCUT2D eigenvalue weighted by molar-refractivity contribution is 5.87. The number of aromatic nitrogens is 4. The Kier molecular flexibility index (Phi) is 7.09. The third-order valence-electron chi connectivity index (χ3n) is 6.57. The molecule has 0 unspecified atom stereocenters. The first-order valence-electron chi connectivity index (χ1n) is 12.8. The summed E-state index contributed by atoms with van der Waals surface area (Å²) >= 11 is 0. The van der Waals surface area contributed by atoms with Gasteiger partial charge in [0.25, 0.3) is 5.91 Å². The first kappa shape index (κ1) is 26.4. The van der Waals surface area contributed by atoms with Crippen LogP contribution in [0.25, 0.3) is 28.1 Å². The number of carbonyl (C=O) groups is 2. The molecular weight excluding hydrogens is 500 g/mol. The number of ether oxygens (including phenoxy) is 2. The fraction of sp³-hybridized carbons (Fsp3) is 0.393. The van der Waals surface area contributed by atoms with Crippen LogP contribution in [0, 0.1) is 0 Å². The minimum Gasteiger partial charge on any atom is -0.488 e. The van der Waals surface area contributed by atoms with Crippen molar-refractivity contribution in [3.8, 4) is 17.3 Å². The van der Waals surface area contributed by atoms with Gasteiger partial charge < -0.3 is 9.47 Å². The number of hydrogen-bond donors (Lipinski definition) is 0. The lowest BCUT2D eigenvalue weighted by atomic mass is 9.98. The van der Waals surface area contributed by atoms with Crippen LogP contribution in [0.4, 0.5) is 4.79 Å². The molecule has 1 fully saturated rings. The van der Waals surface area contributed by atoms with Crippen molar-refractivity contribution in [3.05, 3.63) is 54.7 Å². The lowest BCUT2D eigenvalue weighted by Crippen LogP contribution is -2.56. The van der Waals surface area contributed by atoms with Gasteiger partial charge in [0, 0.05) is 38.0 Å². The van der Waals surface area contributed by atoms with E-state index in [0.717, 1.165) is 16.1 Å². The normalized spacial score (nSPS) is 17.8. The SMILES string of the molecule is CON(C)C(=O)[C@@H]1C[C@@H](Oc2cccc3ccc(-c4nnc5ccccn45)nc23)CCN1C(=O)OC(C)(C)C. The summed E-state index contributed by atoms with van der Waals surface area (Å²) < 4.78 is 13.9. The predicted molar refractivity (Wildman–Crippen MR) is 144 cm³/mol. The van der Waals surface area contributed by atoms with Crippen molar-refractivity contribution in [1.29, 1.82) is 0 Å². The van der Waals surface area contributed by atoms with E-state index in [-0.39, 0.29) is 18.4 Å². The highest BCUT2D eigenvalue weighted by Crippen LogP contribution is 2.31. The van der Waals surface area contributed by atoms with Crippen LogP contribution in [0.3, 0.4) is 0 Å². The van der Waals surface area contributed by atoms with Gasteiger partial charge in [-0.25, -0.2) is 14.8 Å². The highest BCUT2D eigenvalue weighted by Gasteiger charge is 2.40. The molecule has 1 aromatic carbocycles. The molecule has 1 aliphatic rings. The molecule has 39 heavy (non-hydrogen) atoms. The summed E-state index contributed by atoms with van der Waals surface area (Å²) in [6.07, 6.45) is 1.81. The fourth-order valence-electron chi connectivity index (χ4n) is 4.65. The zero-order valence-corrected chi connectivity index (χ0v) is 22.7. The number of hydroxylamine groups is 2. The maximum Gasteiger partial charge on any atom is 0.410 e. The second kappa shape index (κ2) is 10.5. The van der Waals surface area contributed by atoms with Crippen molar-refractivity contribution in [2.45, 2.75) is 51.4 Å². The Balaban J connectivity index is 1.43. The summed E-state index contributed by atoms with van der Waals surface area (Å²) in [4.78, 5) is 37.6. The number of para-hydroxylation sites is 1. The highest BCUT2D eigenvalue weighted by atomic mass is 16.7. The second-order valence-electron chi connectivity index (χ2n) is 10.4. The summed E-state index contributed by atoms with van der Waals surface area (Å²) in [7, 11) is 2.93. The molecule has 3 aromatic heterocycles. The van der Waals surface area contributed by atoms with Crippen molar-refractivity contribution in [2.24, 2.45) is 0 Å². The lowest BCUT2D eigenvalue weighted by Gasteiger charge is -2.39. The van der Waals surface area contributed by atoms with Gasteiger partial charge in [-0.1, -0.05) is 24.3 Å². The number of likely N-dealkylation sites (N-methyl/N-ethyl adjacent to an activating group) is 1. The first-order chi connectivity index (χ1) is 18.6. The number of rotatable bonds is 5. The molecule has 0 aliphatic carbocycles. The number of nitrogens with zero attached hydrogens (tertiary/aromatic N) is 6. The zero-order valence-electron chi connectivity index (χ0n) is 22.7. The Morgan fingerprint density at radius 3 is 2.64 bits per heavy atom. The van der Waals surface area contributed by atoms with Crippen LogP contribution in [0.2, 0.25) is 0 Å². The van der Waals surface area contributed by atoms with E-state index in [4.69, 9.17) is 19.3 Å². The van der Waals surface area contributed by atoms with Gasteiger partial charge in [-0.2, -0.15) is 0 Å². The van der Waals surface area contributed by atoms with E-state index in [1.165, 1.54) is 19.1 Å². The molecule has 4 aromatic rings. The Labute approximate surface area is 226 Å². The topological polar surface area (TPSA) is 111 Å². The third-order valence-corrected chi connectivity index (χ3v) is 6.57. The van der Waals surface area contributed by atoms with Crippen molar-refractivity contribution >= 4 is 28.6 Å². The lowest BCUT2D eigenvalue weighted by molar-refractivity contribution is -0.176. The molecule has 11 heteroatoms. The maximum atomic E-state index is 13.2. The van der Waals surface area contributed by atoms with Crippen LogP contribution in [-0.2, 0) is 14.4 Å². The number of likely N-dealkylation sites (tertiary alicyclic amines) is 1. The quantitative estimate of drug-likeness (QED) is 0.353. The summed E-state index contributed by atoms with van der Waals surface area (Å²) in [5, 5.41) is 10.6. The molecular formula is C28H32N6O5. The number of benzene rings is 1. The van der Waals surface area contributed by atoms with Gasteiger partial charge in [-0.3, -0.25) is 18.9 Å². The van der Waals surface area contributed by atoms with Crippen LogP contribution in [0.1, 0.15) is 33.6 Å². The molecule has 2 amide bonds. The van der Waals surface area contributed by atoms with Crippen LogP contribution < -0.4 is 4.74 Å². The molecule has 0 spiro atoms. The number of pyridine rings is 2. The average molecular weight is 533 g/mol. The second-order valence-corrected chi connectivity index (χ2v) is 10.4. The van der Waals surface area contributed by atoms with Gasteiger partial charge in [0.2, 0.25) is 0 Å². The number of amides is 2. The van der Waals surface area contributed by atoms with Crippen molar-refractivity contribution < 1.29 is 23.9 Å². The summed E-state index contributed by atoms with van der Waals surface area (Å²) in [5.74, 6) is 0.861. The molecule has 0 bridgehead atoms. The zero-order chi connectivity index (χ0) is 27.7. The minimum atomic E-state index is -0.801. The van der Waals surface area contributed by atoms with Crippen LogP contribution in [0.15, 0.2) is 54.7 Å². The monoisotopic (exact) mass is 532 g/mol. The Morgan fingerprint density at radius 2 is 1.87 bits per heavy atom. The van der Waals surface area contributed by atoms with Crippen LogP contribution >= 0.6 is 0 Å². The molecule has 4 heterocycles. The Hall–Kier alpha value is -4.25. The molecule has 1 saturated heterocycles. The molecule has 5 rings (SSSR count). The van der Waals surface area contributed by atoms with Gasteiger partial charge >= 0.3 is 6.09 Å². The van der Waals surface area contributed by atoms with E-state index in [1.54, 1.807) is 20.8 Å². The van der Waals surface area contributed by atoms with Gasteiger partial charge in [-0.05, 0) is 45.0 Å². The van der Waals surface area contributed by atoms with E-state index in [1.807, 2.05) is 59.1 Å². The van der Waals surface area contributed by atoms with Gasteiger partial charge in [-0.15, -0.1) is 10.2 Å². The van der Waals surface area contributed by atoms with Crippen molar-refractivity contribution in [2.75, 3.05) is 20.7 Å². The first-order valence-corrected chi connectivity index (χ1v) is 12.8. The Morgan fingerprint density at radius 1 is 1.05 bits per heavy atom. The van der Waals surface area contributed by atoms with E-state index in [0.29, 0.717) is 35.8 Å². The molecule has 0 N–H and O–H groups in total. The number of carbonyl (C=O) groups excluding carboxylic acids is 2. The summed E-state index contributed by atoms with van der Waals surface area (Å²) in [6.45, 7) is 5.68. The van der Waals surface area contributed by atoms with Crippen molar-refractivity contribution in [1.82, 2.24) is 29.5 Å². The van der Waals surface area contributed by atoms with Gasteiger partial charge in [0.15, 0.2) is 11.5 Å². The molecule has 11 nitrogen and oxygen atoms in total. The standard InChI is InChI=1S/C28H32N6O5/c1-28(2,3)39-27(36)33-16-14-19(17-21(33)26(35)32(4)37-5)38-22-10-8-9-18-12-13-20(29-24(18)22)25-31-30-23-11-6-7-15-34(23)25/h6-13,15,19,21H,14,16-17H2,1-5H3/t19-,21-/m0/s1. The van der Waals surface area contributed by atoms with E-state index < -0.39 is 17.7 Å². The summed E-state index contributed by atoms with van der Waals surface area (Å²) in [5.41, 5.74) is 1.38. The molecule has 1 aliphatic heterocycles. The molecule has 204 valence electrons. The third kappa shape index (κ3) is 5.49. The number of fused-ring (bicyclic) bond motifs is 2. The van der Waals surface area contributed by atoms with Crippen LogP contribution in [0.5, 0.6) is 5.75 Å². The maximum absolute atomic E-state index is 13.2. The number of hydrogen-bond acceptors (Lipinski definition) is 8.